The van der Waals surface area contributed by atoms with Gasteiger partial charge in [0.1, 0.15) is 13.2 Å². The van der Waals surface area contributed by atoms with E-state index in [1.54, 1.807) is 0 Å². The largest absolute Gasteiger partial charge is 0.486 e. The second-order valence-electron chi connectivity index (χ2n) is 9.00. The Hall–Kier alpha value is -2.49. The van der Waals surface area contributed by atoms with Gasteiger partial charge in [-0.2, -0.15) is 0 Å². The van der Waals surface area contributed by atoms with E-state index in [1.165, 1.54) is 0 Å². The second kappa shape index (κ2) is 8.48. The fourth-order valence-corrected chi connectivity index (χ4v) is 4.17. The van der Waals surface area contributed by atoms with Crippen molar-refractivity contribution in [3.63, 3.8) is 0 Å². The molecule has 1 aliphatic rings. The van der Waals surface area contributed by atoms with Crippen molar-refractivity contribution in [2.45, 2.75) is 53.9 Å². The Morgan fingerprint density at radius 3 is 2.52 bits per heavy atom. The number of anilines is 1. The van der Waals surface area contributed by atoms with E-state index in [9.17, 15) is 4.79 Å². The van der Waals surface area contributed by atoms with Crippen LogP contribution in [0.25, 0.3) is 0 Å². The first-order valence-corrected chi connectivity index (χ1v) is 10.5. The number of hydrogen-bond acceptors (Lipinski definition) is 3. The summed E-state index contributed by atoms with van der Waals surface area (Å²) in [6.45, 7) is 13.8. The smallest absolute Gasteiger partial charge is 0.228 e. The quantitative estimate of drug-likeness (QED) is 0.683. The molecule has 3 rings (SSSR count). The normalized spacial score (nSPS) is 15.5. The third-order valence-electron chi connectivity index (χ3n) is 5.76. The summed E-state index contributed by atoms with van der Waals surface area (Å²) in [5, 5.41) is 3.22. The Balaban J connectivity index is 1.97. The summed E-state index contributed by atoms with van der Waals surface area (Å²) in [4.78, 5) is 13.1. The summed E-state index contributed by atoms with van der Waals surface area (Å²) in [7, 11) is 0. The van der Waals surface area contributed by atoms with Gasteiger partial charge in [-0.05, 0) is 36.5 Å². The first kappa shape index (κ1) is 21.2. The molecule has 2 unspecified atom stereocenters. The van der Waals surface area contributed by atoms with Gasteiger partial charge in [-0.1, -0.05) is 64.4 Å². The number of hydrogen-bond donors (Lipinski definition) is 1. The molecule has 0 bridgehead atoms. The van der Waals surface area contributed by atoms with Gasteiger partial charge in [0.25, 0.3) is 0 Å². The number of nitrogens with one attached hydrogen (secondary N) is 1. The summed E-state index contributed by atoms with van der Waals surface area (Å²) in [6.07, 6.45) is 0.809. The Kier molecular flexibility index (Phi) is 6.21. The fourth-order valence-electron chi connectivity index (χ4n) is 4.17. The molecule has 1 amide bonds. The second-order valence-corrected chi connectivity index (χ2v) is 9.00. The standard InChI is InChI=1S/C25H33NO3/c1-7-20(25(4,5)6)24(27)26-21-12-11-16(2)15-19(21)17(3)18-9-8-10-22-23(18)29-14-13-28-22/h8-12,15,17,20H,7,13-14H2,1-6H3,(H,26,27). The number of carbonyl (C=O) groups is 1. The van der Waals surface area contributed by atoms with E-state index < -0.39 is 0 Å². The van der Waals surface area contributed by atoms with Gasteiger partial charge in [-0.15, -0.1) is 0 Å². The minimum absolute atomic E-state index is 0.0480. The first-order chi connectivity index (χ1) is 13.7. The van der Waals surface area contributed by atoms with Gasteiger partial charge in [-0.25, -0.2) is 0 Å². The molecule has 4 heteroatoms. The molecule has 156 valence electrons. The molecule has 2 aromatic carbocycles. The van der Waals surface area contributed by atoms with Crippen LogP contribution in [0.4, 0.5) is 5.69 Å². The molecule has 4 nitrogen and oxygen atoms in total. The van der Waals surface area contributed by atoms with Crippen molar-refractivity contribution in [2.75, 3.05) is 18.5 Å². The van der Waals surface area contributed by atoms with Gasteiger partial charge in [-0.3, -0.25) is 4.79 Å². The lowest BCUT2D eigenvalue weighted by Gasteiger charge is -2.29. The molecule has 0 aliphatic carbocycles. The predicted octanol–water partition coefficient (Wildman–Crippen LogP) is 5.93. The van der Waals surface area contributed by atoms with E-state index in [-0.39, 0.29) is 23.2 Å². The molecule has 0 spiro atoms. The predicted molar refractivity (Wildman–Crippen MR) is 118 cm³/mol. The highest BCUT2D eigenvalue weighted by atomic mass is 16.6. The van der Waals surface area contributed by atoms with Crippen LogP contribution in [0, 0.1) is 18.3 Å². The molecule has 0 fully saturated rings. The monoisotopic (exact) mass is 395 g/mol. The van der Waals surface area contributed by atoms with E-state index >= 15 is 0 Å². The molecule has 29 heavy (non-hydrogen) atoms. The number of benzene rings is 2. The minimum Gasteiger partial charge on any atom is -0.486 e. The average Bonchev–Trinajstić information content (AvgIpc) is 2.67. The van der Waals surface area contributed by atoms with Crippen molar-refractivity contribution in [1.29, 1.82) is 0 Å². The van der Waals surface area contributed by atoms with Crippen LogP contribution in [-0.4, -0.2) is 19.1 Å². The highest BCUT2D eigenvalue weighted by Crippen LogP contribution is 2.42. The van der Waals surface area contributed by atoms with Crippen molar-refractivity contribution < 1.29 is 14.3 Å². The zero-order valence-corrected chi connectivity index (χ0v) is 18.5. The minimum atomic E-state index is -0.0843. The number of para-hydroxylation sites is 1. The third-order valence-corrected chi connectivity index (χ3v) is 5.76. The van der Waals surface area contributed by atoms with Crippen molar-refractivity contribution in [3.05, 3.63) is 53.1 Å². The van der Waals surface area contributed by atoms with Crippen LogP contribution in [0.1, 0.15) is 63.6 Å². The molecule has 0 saturated carbocycles. The molecule has 2 atom stereocenters. The number of amides is 1. The molecule has 1 N–H and O–H groups in total. The van der Waals surface area contributed by atoms with Crippen molar-refractivity contribution in [2.24, 2.45) is 11.3 Å². The van der Waals surface area contributed by atoms with E-state index in [0.29, 0.717) is 13.2 Å². The van der Waals surface area contributed by atoms with Crippen molar-refractivity contribution in [1.82, 2.24) is 0 Å². The highest BCUT2D eigenvalue weighted by Gasteiger charge is 2.30. The highest BCUT2D eigenvalue weighted by molar-refractivity contribution is 5.94. The van der Waals surface area contributed by atoms with Gasteiger partial charge in [0, 0.05) is 23.1 Å². The Bertz CT molecular complexity index is 882. The molecule has 2 aromatic rings. The van der Waals surface area contributed by atoms with Gasteiger partial charge < -0.3 is 14.8 Å². The molecular formula is C25H33NO3. The zero-order valence-electron chi connectivity index (χ0n) is 18.5. The summed E-state index contributed by atoms with van der Waals surface area (Å²) in [5.74, 6) is 1.68. The summed E-state index contributed by atoms with van der Waals surface area (Å²) in [6, 6.07) is 12.2. The molecular weight excluding hydrogens is 362 g/mol. The van der Waals surface area contributed by atoms with Gasteiger partial charge in [0.2, 0.25) is 5.91 Å². The Labute approximate surface area is 174 Å². The number of rotatable bonds is 5. The van der Waals surface area contributed by atoms with Crippen molar-refractivity contribution in [3.8, 4) is 11.5 Å². The van der Waals surface area contributed by atoms with Crippen LogP contribution in [-0.2, 0) is 4.79 Å². The summed E-state index contributed by atoms with van der Waals surface area (Å²) < 4.78 is 11.7. The average molecular weight is 396 g/mol. The van der Waals surface area contributed by atoms with Crippen LogP contribution < -0.4 is 14.8 Å². The SMILES string of the molecule is CCC(C(=O)Nc1ccc(C)cc1C(C)c1cccc2c1OCCO2)C(C)(C)C. The van der Waals surface area contributed by atoms with Crippen molar-refractivity contribution >= 4 is 11.6 Å². The lowest BCUT2D eigenvalue weighted by molar-refractivity contribution is -0.123. The number of fused-ring (bicyclic) bond motifs is 1. The number of ether oxygens (including phenoxy) is 2. The van der Waals surface area contributed by atoms with Gasteiger partial charge in [0.05, 0.1) is 0 Å². The van der Waals surface area contributed by atoms with Crippen LogP contribution in [0.15, 0.2) is 36.4 Å². The molecule has 0 aromatic heterocycles. The maximum atomic E-state index is 13.1. The lowest BCUT2D eigenvalue weighted by atomic mass is 9.78. The molecule has 1 aliphatic heterocycles. The maximum Gasteiger partial charge on any atom is 0.228 e. The fraction of sp³-hybridized carbons (Fsp3) is 0.480. The number of aryl methyl sites for hydroxylation is 1. The summed E-state index contributed by atoms with van der Waals surface area (Å²) in [5.41, 5.74) is 4.11. The zero-order chi connectivity index (χ0) is 21.2. The Morgan fingerprint density at radius 2 is 1.83 bits per heavy atom. The number of carbonyl (C=O) groups excluding carboxylic acids is 1. The van der Waals surface area contributed by atoms with E-state index in [4.69, 9.17) is 9.47 Å². The Morgan fingerprint density at radius 1 is 1.10 bits per heavy atom. The summed E-state index contributed by atoms with van der Waals surface area (Å²) >= 11 is 0. The molecule has 0 saturated heterocycles. The maximum absolute atomic E-state index is 13.1. The van der Waals surface area contributed by atoms with Crippen LogP contribution in [0.5, 0.6) is 11.5 Å². The van der Waals surface area contributed by atoms with E-state index in [2.05, 4.69) is 59.0 Å². The molecule has 1 heterocycles. The van der Waals surface area contributed by atoms with Crippen LogP contribution in [0.2, 0.25) is 0 Å². The topological polar surface area (TPSA) is 47.6 Å². The first-order valence-electron chi connectivity index (χ1n) is 10.5. The van der Waals surface area contributed by atoms with Crippen LogP contribution in [0.3, 0.4) is 0 Å². The van der Waals surface area contributed by atoms with E-state index in [1.807, 2.05) is 24.3 Å². The van der Waals surface area contributed by atoms with Gasteiger partial charge >= 0.3 is 0 Å². The van der Waals surface area contributed by atoms with Gasteiger partial charge in [0.15, 0.2) is 11.5 Å². The van der Waals surface area contributed by atoms with E-state index in [0.717, 1.165) is 40.3 Å². The molecule has 0 radical (unpaired) electrons. The lowest BCUT2D eigenvalue weighted by Crippen LogP contribution is -2.33. The van der Waals surface area contributed by atoms with Crippen LogP contribution >= 0.6 is 0 Å². The third kappa shape index (κ3) is 4.58.